The second kappa shape index (κ2) is 8.68. The van der Waals surface area contributed by atoms with Gasteiger partial charge in [0, 0.05) is 0 Å². The summed E-state index contributed by atoms with van der Waals surface area (Å²) >= 11 is -2.31. The molecule has 0 radical (unpaired) electrons. The van der Waals surface area contributed by atoms with E-state index in [1.165, 1.54) is 22.3 Å². The van der Waals surface area contributed by atoms with E-state index in [9.17, 15) is 17.6 Å². The molecule has 166 valence electrons. The Hall–Kier alpha value is -1.52. The molecule has 2 aliphatic carbocycles. The third-order valence-electron chi connectivity index (χ3n) is 7.14. The summed E-state index contributed by atoms with van der Waals surface area (Å²) in [7, 11) is 0. The third kappa shape index (κ3) is 3.58. The average molecular weight is 534 g/mol. The summed E-state index contributed by atoms with van der Waals surface area (Å²) in [6, 6.07) is 8.11. The van der Waals surface area contributed by atoms with Gasteiger partial charge in [-0.15, -0.1) is 0 Å². The van der Waals surface area contributed by atoms with Crippen LogP contribution in [0.15, 0.2) is 58.7 Å². The van der Waals surface area contributed by atoms with Gasteiger partial charge in [-0.3, -0.25) is 0 Å². The molecule has 4 rings (SSSR count). The number of benzene rings is 2. The first kappa shape index (κ1) is 23.6. The number of hydrogen-bond donors (Lipinski definition) is 0. The Balaban J connectivity index is 1.97. The summed E-state index contributed by atoms with van der Waals surface area (Å²) in [5, 5.41) is 0. The van der Waals surface area contributed by atoms with E-state index in [1.807, 2.05) is 30.3 Å². The van der Waals surface area contributed by atoms with Gasteiger partial charge in [-0.2, -0.15) is 0 Å². The molecular weight excluding hydrogens is 508 g/mol. The molecule has 0 nitrogen and oxygen atoms in total. The standard InChI is InChI=1S/C15H7F4.C9H13.C2H6Si.Zr/c16-11-7-12(17)14(18)15(19)13(11)10-6-5-8-3-1-2-4-9(8)10;1-6-5-7(2)9(4)8(6)3;1-3-2;/h1-7H;5H,1-4H3;1-2H3;. The Kier molecular flexibility index (Phi) is 6.41. The van der Waals surface area contributed by atoms with E-state index < -0.39 is 54.6 Å². The molecule has 1 atom stereocenters. The monoisotopic (exact) mass is 532 g/mol. The molecule has 0 spiro atoms. The van der Waals surface area contributed by atoms with Crippen LogP contribution in [0, 0.1) is 23.3 Å². The van der Waals surface area contributed by atoms with Gasteiger partial charge in [0.2, 0.25) is 0 Å². The molecule has 1 unspecified atom stereocenters. The van der Waals surface area contributed by atoms with Crippen LogP contribution in [0.5, 0.6) is 0 Å². The maximum absolute atomic E-state index is 14.8. The van der Waals surface area contributed by atoms with E-state index in [2.05, 4.69) is 40.8 Å². The van der Waals surface area contributed by atoms with Crippen LogP contribution in [0.1, 0.15) is 48.0 Å². The van der Waals surface area contributed by atoms with Gasteiger partial charge in [0.15, 0.2) is 0 Å². The molecule has 0 aromatic heterocycles. The van der Waals surface area contributed by atoms with Crippen molar-refractivity contribution in [2.45, 2.75) is 48.0 Å². The summed E-state index contributed by atoms with van der Waals surface area (Å²) < 4.78 is 57.8. The van der Waals surface area contributed by atoms with Crippen LogP contribution in [0.25, 0.3) is 5.57 Å². The Morgan fingerprint density at radius 3 is 2.00 bits per heavy atom. The van der Waals surface area contributed by atoms with Gasteiger partial charge in [-0.25, -0.2) is 0 Å². The summed E-state index contributed by atoms with van der Waals surface area (Å²) in [6.45, 7) is 13.5. The number of allylic oxidation sites excluding steroid dienone is 5. The maximum atomic E-state index is 14.8. The molecule has 2 aromatic rings. The van der Waals surface area contributed by atoms with Crippen molar-refractivity contribution < 1.29 is 37.9 Å². The predicted molar refractivity (Wildman–Crippen MR) is 121 cm³/mol. The molecule has 2 aliphatic rings. The van der Waals surface area contributed by atoms with Crippen LogP contribution >= 0.6 is 0 Å². The van der Waals surface area contributed by atoms with Crippen molar-refractivity contribution in [2.24, 2.45) is 0 Å². The molecule has 0 saturated heterocycles. The van der Waals surface area contributed by atoms with Crippen molar-refractivity contribution in [1.82, 2.24) is 0 Å². The van der Waals surface area contributed by atoms with E-state index in [0.29, 0.717) is 15.3 Å². The quantitative estimate of drug-likeness (QED) is 0.162. The molecule has 0 amide bonds. The van der Waals surface area contributed by atoms with Crippen LogP contribution in [0.2, 0.25) is 16.7 Å². The predicted octanol–water partition coefficient (Wildman–Crippen LogP) is 8.07. The molecule has 32 heavy (non-hydrogen) atoms. The van der Waals surface area contributed by atoms with Crippen LogP contribution < -0.4 is 0 Å². The first-order chi connectivity index (χ1) is 15.1. The van der Waals surface area contributed by atoms with E-state index in [0.717, 1.165) is 11.1 Å². The van der Waals surface area contributed by atoms with Crippen LogP contribution in [0.3, 0.4) is 0 Å². The minimum atomic E-state index is -2.31. The zero-order chi connectivity index (χ0) is 23.5. The summed E-state index contributed by atoms with van der Waals surface area (Å²) in [5.74, 6) is -5.65. The summed E-state index contributed by atoms with van der Waals surface area (Å²) in [6.07, 6.45) is 1.97. The molecule has 0 aliphatic heterocycles. The van der Waals surface area contributed by atoms with Crippen molar-refractivity contribution in [2.75, 3.05) is 0 Å². The number of halogens is 4. The number of hydrogen-bond acceptors (Lipinski definition) is 0. The zero-order valence-electron chi connectivity index (χ0n) is 19.1. The Bertz CT molecular complexity index is 1250. The number of fused-ring (bicyclic) bond motifs is 1. The number of rotatable bonds is 3. The van der Waals surface area contributed by atoms with E-state index in [4.69, 9.17) is 0 Å². The molecule has 0 fully saturated rings. The normalized spacial score (nSPS) is 18.4. The van der Waals surface area contributed by atoms with Gasteiger partial charge in [-0.05, 0) is 0 Å². The molecule has 2 aromatic carbocycles. The van der Waals surface area contributed by atoms with Crippen molar-refractivity contribution in [3.8, 4) is 0 Å². The van der Waals surface area contributed by atoms with Gasteiger partial charge in [0.1, 0.15) is 0 Å². The first-order valence-corrected chi connectivity index (χ1v) is 19.8. The Labute approximate surface area is 195 Å². The molecule has 0 saturated carbocycles. The van der Waals surface area contributed by atoms with Crippen molar-refractivity contribution in [3.05, 3.63) is 98.7 Å². The Morgan fingerprint density at radius 2 is 1.41 bits per heavy atom. The topological polar surface area (TPSA) is 0 Å². The second-order valence-corrected chi connectivity index (χ2v) is 27.0. The molecule has 6 heteroatoms. The van der Waals surface area contributed by atoms with E-state index in [-0.39, 0.29) is 3.63 Å². The second-order valence-electron chi connectivity index (χ2n) is 8.99. The van der Waals surface area contributed by atoms with Crippen LogP contribution in [-0.4, -0.2) is 5.43 Å². The third-order valence-corrected chi connectivity index (χ3v) is 26.8. The molecule has 0 bridgehead atoms. The molecule has 0 heterocycles. The van der Waals surface area contributed by atoms with E-state index >= 15 is 0 Å². The van der Waals surface area contributed by atoms with Crippen molar-refractivity contribution in [1.29, 1.82) is 0 Å². The SMILES string of the molecule is CC1=C(C)[CH]([Zr]([CH]2C=C(c3c(F)cc(F)c(F)c3F)c3ccccc32)=[Si](C)C)C(C)=C1C. The van der Waals surface area contributed by atoms with Gasteiger partial charge < -0.3 is 0 Å². The summed E-state index contributed by atoms with van der Waals surface area (Å²) in [5.41, 5.74) is 6.64. The van der Waals surface area contributed by atoms with Gasteiger partial charge in [0.05, 0.1) is 0 Å². The van der Waals surface area contributed by atoms with E-state index in [1.54, 1.807) is 0 Å². The van der Waals surface area contributed by atoms with Crippen LogP contribution in [0.4, 0.5) is 17.6 Å². The fourth-order valence-electron chi connectivity index (χ4n) is 5.24. The van der Waals surface area contributed by atoms with Gasteiger partial charge in [0.25, 0.3) is 0 Å². The summed E-state index contributed by atoms with van der Waals surface area (Å²) in [4.78, 5) is 0. The van der Waals surface area contributed by atoms with Crippen LogP contribution in [-0.2, 0) is 20.4 Å². The zero-order valence-corrected chi connectivity index (χ0v) is 22.6. The van der Waals surface area contributed by atoms with Crippen molar-refractivity contribution in [3.63, 3.8) is 0 Å². The molecular formula is C26H26F4SiZr. The molecule has 0 N–H and O–H groups in total. The van der Waals surface area contributed by atoms with Gasteiger partial charge in [-0.1, -0.05) is 0 Å². The van der Waals surface area contributed by atoms with Gasteiger partial charge >= 0.3 is 196 Å². The first-order valence-electron chi connectivity index (χ1n) is 10.7. The van der Waals surface area contributed by atoms with Crippen molar-refractivity contribution >= 4 is 11.0 Å². The fraction of sp³-hybridized carbons (Fsp3) is 0.308. The minimum absolute atomic E-state index is 0.132. The fourth-order valence-corrected chi connectivity index (χ4v) is 25.8. The average Bonchev–Trinajstić information content (AvgIpc) is 3.20. The Morgan fingerprint density at radius 1 is 0.812 bits per heavy atom.